The zero-order valence-corrected chi connectivity index (χ0v) is 18.4. The Labute approximate surface area is 175 Å². The lowest BCUT2D eigenvalue weighted by atomic mass is 9.96. The summed E-state index contributed by atoms with van der Waals surface area (Å²) < 4.78 is 13.1. The molecule has 1 aromatic carbocycles. The van der Waals surface area contributed by atoms with E-state index in [4.69, 9.17) is 4.99 Å². The van der Waals surface area contributed by atoms with Gasteiger partial charge < -0.3 is 10.6 Å². The molecule has 1 aliphatic carbocycles. The third-order valence-corrected chi connectivity index (χ3v) is 5.47. The van der Waals surface area contributed by atoms with E-state index in [0.717, 1.165) is 49.9 Å². The summed E-state index contributed by atoms with van der Waals surface area (Å²) in [6.45, 7) is 6.50. The van der Waals surface area contributed by atoms with Crippen LogP contribution in [-0.2, 0) is 11.8 Å². The van der Waals surface area contributed by atoms with Gasteiger partial charge in [0.25, 0.3) is 0 Å². The van der Waals surface area contributed by atoms with Crippen molar-refractivity contribution in [3.63, 3.8) is 0 Å². The van der Waals surface area contributed by atoms with Crippen LogP contribution < -0.4 is 10.6 Å². The van der Waals surface area contributed by atoms with Gasteiger partial charge in [-0.3, -0.25) is 4.99 Å². The molecule has 0 spiro atoms. The van der Waals surface area contributed by atoms with Crippen molar-refractivity contribution in [2.75, 3.05) is 19.6 Å². The van der Waals surface area contributed by atoms with Crippen LogP contribution in [0.5, 0.6) is 0 Å². The maximum atomic E-state index is 13.1. The van der Waals surface area contributed by atoms with E-state index < -0.39 is 0 Å². The monoisotopic (exact) mass is 488 g/mol. The third kappa shape index (κ3) is 5.64. The Morgan fingerprint density at radius 2 is 2.00 bits per heavy atom. The van der Waals surface area contributed by atoms with E-state index in [1.165, 1.54) is 10.4 Å². The highest BCUT2D eigenvalue weighted by atomic mass is 127. The van der Waals surface area contributed by atoms with Gasteiger partial charge >= 0.3 is 0 Å². The predicted octanol–water partition coefficient (Wildman–Crippen LogP) is 4.04. The molecule has 0 radical (unpaired) electrons. The molecule has 0 aliphatic heterocycles. The molecule has 26 heavy (non-hydrogen) atoms. The molecule has 2 N–H and O–H groups in total. The molecule has 0 amide bonds. The number of hydrogen-bond acceptors (Lipinski definition) is 3. The quantitative estimate of drug-likeness (QED) is 0.352. The fourth-order valence-corrected chi connectivity index (χ4v) is 3.66. The maximum Gasteiger partial charge on any atom is 0.191 e. The maximum absolute atomic E-state index is 13.1. The van der Waals surface area contributed by atoms with Crippen molar-refractivity contribution >= 4 is 41.3 Å². The number of rotatable bonds is 7. The van der Waals surface area contributed by atoms with Gasteiger partial charge in [0.1, 0.15) is 5.82 Å². The number of aryl methyl sites for hydroxylation is 1. The highest BCUT2D eigenvalue weighted by molar-refractivity contribution is 14.0. The number of thiazole rings is 1. The van der Waals surface area contributed by atoms with Crippen LogP contribution in [0.2, 0.25) is 0 Å². The summed E-state index contributed by atoms with van der Waals surface area (Å²) in [7, 11) is 0. The average molecular weight is 488 g/mol. The van der Waals surface area contributed by atoms with Gasteiger partial charge in [-0.25, -0.2) is 9.37 Å². The summed E-state index contributed by atoms with van der Waals surface area (Å²) in [5.74, 6) is 0.652. The van der Waals surface area contributed by atoms with Gasteiger partial charge in [0.15, 0.2) is 5.96 Å². The second kappa shape index (κ2) is 9.64. The lowest BCUT2D eigenvalue weighted by Crippen LogP contribution is -2.39. The largest absolute Gasteiger partial charge is 0.357 e. The molecule has 2 aromatic rings. The smallest absolute Gasteiger partial charge is 0.191 e. The highest BCUT2D eigenvalue weighted by Crippen LogP contribution is 2.48. The Morgan fingerprint density at radius 1 is 1.27 bits per heavy atom. The average Bonchev–Trinajstić information content (AvgIpc) is 3.28. The van der Waals surface area contributed by atoms with Crippen LogP contribution in [0.15, 0.2) is 35.5 Å². The zero-order chi connectivity index (χ0) is 17.7. The Kier molecular flexibility index (Phi) is 7.82. The van der Waals surface area contributed by atoms with Crippen LogP contribution in [0.4, 0.5) is 4.39 Å². The van der Waals surface area contributed by atoms with Crippen molar-refractivity contribution in [3.05, 3.63) is 51.7 Å². The molecule has 0 atom stereocenters. The zero-order valence-electron chi connectivity index (χ0n) is 15.2. The van der Waals surface area contributed by atoms with Gasteiger partial charge in [-0.2, -0.15) is 0 Å². The van der Waals surface area contributed by atoms with Crippen LogP contribution in [0.3, 0.4) is 0 Å². The van der Waals surface area contributed by atoms with Crippen LogP contribution >= 0.6 is 35.3 Å². The van der Waals surface area contributed by atoms with Gasteiger partial charge in [-0.15, -0.1) is 35.3 Å². The normalized spacial score (nSPS) is 15.3. The minimum absolute atomic E-state index is 0. The lowest BCUT2D eigenvalue weighted by molar-refractivity contribution is 0.623. The van der Waals surface area contributed by atoms with Gasteiger partial charge in [0.05, 0.1) is 11.6 Å². The van der Waals surface area contributed by atoms with Crippen molar-refractivity contribution in [2.45, 2.75) is 38.5 Å². The molecule has 0 unspecified atom stereocenters. The van der Waals surface area contributed by atoms with Crippen LogP contribution in [0, 0.1) is 12.7 Å². The minimum Gasteiger partial charge on any atom is -0.357 e. The Balaban J connectivity index is 0.00000243. The van der Waals surface area contributed by atoms with E-state index in [1.807, 2.05) is 18.3 Å². The second-order valence-corrected chi connectivity index (χ2v) is 7.84. The molecule has 1 fully saturated rings. The van der Waals surface area contributed by atoms with E-state index in [0.29, 0.717) is 0 Å². The summed E-state index contributed by atoms with van der Waals surface area (Å²) in [6, 6.07) is 6.86. The number of nitrogens with zero attached hydrogens (tertiary/aromatic N) is 2. The molecule has 1 aromatic heterocycles. The first kappa shape index (κ1) is 21.1. The Bertz CT molecular complexity index is 725. The topological polar surface area (TPSA) is 49.3 Å². The molecule has 7 heteroatoms. The molecule has 1 saturated carbocycles. The number of hydrogen-bond donors (Lipinski definition) is 2. The van der Waals surface area contributed by atoms with Crippen molar-refractivity contribution in [3.8, 4) is 0 Å². The fraction of sp³-hybridized carbons (Fsp3) is 0.474. The van der Waals surface area contributed by atoms with Gasteiger partial charge in [-0.1, -0.05) is 12.1 Å². The van der Waals surface area contributed by atoms with Crippen molar-refractivity contribution < 1.29 is 4.39 Å². The minimum atomic E-state index is -0.185. The Morgan fingerprint density at radius 3 is 2.58 bits per heavy atom. The van der Waals surface area contributed by atoms with E-state index in [1.54, 1.807) is 23.5 Å². The first-order valence-electron chi connectivity index (χ1n) is 8.81. The first-order chi connectivity index (χ1) is 12.1. The number of guanidine groups is 1. The van der Waals surface area contributed by atoms with Crippen LogP contribution in [0.1, 0.15) is 35.2 Å². The van der Waals surface area contributed by atoms with Crippen LogP contribution in [0.25, 0.3) is 0 Å². The Hall–Kier alpha value is -1.22. The standard InChI is InChI=1S/C19H25FN4S.HI/c1-3-21-18(22-11-8-17-23-12-14(2)25-17)24-13-19(9-10-19)15-4-6-16(20)7-5-15;/h4-7,12H,3,8-11,13H2,1-2H3,(H2,21,22,24);1H. The van der Waals surface area contributed by atoms with Gasteiger partial charge in [0, 0.05) is 36.0 Å². The number of benzene rings is 1. The summed E-state index contributed by atoms with van der Waals surface area (Å²) in [5, 5.41) is 7.83. The SMILES string of the molecule is CCNC(=NCC1(c2ccc(F)cc2)CC1)NCCc1ncc(C)s1.I. The lowest BCUT2D eigenvalue weighted by Gasteiger charge is -2.16. The third-order valence-electron chi connectivity index (χ3n) is 4.49. The first-order valence-corrected chi connectivity index (χ1v) is 9.62. The number of nitrogens with one attached hydrogen (secondary N) is 2. The summed E-state index contributed by atoms with van der Waals surface area (Å²) in [6.07, 6.45) is 5.03. The highest BCUT2D eigenvalue weighted by Gasteiger charge is 2.44. The predicted molar refractivity (Wildman–Crippen MR) is 117 cm³/mol. The number of halogens is 2. The molecule has 1 heterocycles. The molecular formula is C19H26FIN4S. The number of aromatic nitrogens is 1. The summed E-state index contributed by atoms with van der Waals surface area (Å²) in [5.41, 5.74) is 1.27. The molecule has 0 bridgehead atoms. The van der Waals surface area contributed by atoms with E-state index in [9.17, 15) is 4.39 Å². The van der Waals surface area contributed by atoms with Gasteiger partial charge in [0.2, 0.25) is 0 Å². The molecule has 142 valence electrons. The van der Waals surface area contributed by atoms with Crippen molar-refractivity contribution in [1.82, 2.24) is 15.6 Å². The van der Waals surface area contributed by atoms with Crippen molar-refractivity contribution in [2.24, 2.45) is 4.99 Å². The van der Waals surface area contributed by atoms with E-state index in [-0.39, 0.29) is 35.2 Å². The van der Waals surface area contributed by atoms with E-state index >= 15 is 0 Å². The van der Waals surface area contributed by atoms with Gasteiger partial charge in [-0.05, 0) is 44.4 Å². The fourth-order valence-electron chi connectivity index (χ4n) is 2.87. The molecule has 1 aliphatic rings. The molecule has 4 nitrogen and oxygen atoms in total. The summed E-state index contributed by atoms with van der Waals surface area (Å²) >= 11 is 1.74. The summed E-state index contributed by atoms with van der Waals surface area (Å²) in [4.78, 5) is 10.4. The van der Waals surface area contributed by atoms with E-state index in [2.05, 4.69) is 29.5 Å². The van der Waals surface area contributed by atoms with Crippen LogP contribution in [-0.4, -0.2) is 30.6 Å². The second-order valence-electron chi connectivity index (χ2n) is 6.52. The molecule has 0 saturated heterocycles. The van der Waals surface area contributed by atoms with Crippen molar-refractivity contribution in [1.29, 1.82) is 0 Å². The molecular weight excluding hydrogens is 462 g/mol. The number of aliphatic imine (C=N–C) groups is 1. The molecule has 3 rings (SSSR count).